The number of carbonyl (C=O) groups excluding carboxylic acids is 1. The lowest BCUT2D eigenvalue weighted by Crippen LogP contribution is -2.41. The highest BCUT2D eigenvalue weighted by Gasteiger charge is 2.16. The van der Waals surface area contributed by atoms with Gasteiger partial charge in [0.1, 0.15) is 11.3 Å². The molecule has 4 aromatic heterocycles. The Morgan fingerprint density at radius 1 is 1.10 bits per heavy atom. The van der Waals surface area contributed by atoms with Crippen molar-refractivity contribution in [2.24, 2.45) is 0 Å². The van der Waals surface area contributed by atoms with E-state index in [0.717, 1.165) is 38.4 Å². The number of furan rings is 1. The molecule has 1 aliphatic heterocycles. The number of morpholine rings is 1. The number of rotatable bonds is 6. The van der Waals surface area contributed by atoms with E-state index >= 15 is 0 Å². The lowest BCUT2D eigenvalue weighted by atomic mass is 10.3. The molecule has 0 bridgehead atoms. The Hall–Kier alpha value is -3.43. The minimum Gasteiger partial charge on any atom is -0.454 e. The van der Waals surface area contributed by atoms with Gasteiger partial charge in [-0.1, -0.05) is 0 Å². The van der Waals surface area contributed by atoms with E-state index in [2.05, 4.69) is 15.2 Å². The summed E-state index contributed by atoms with van der Waals surface area (Å²) in [4.78, 5) is 32.1. The Morgan fingerprint density at radius 2 is 1.94 bits per heavy atom. The first-order valence-electron chi connectivity index (χ1n) is 10.3. The van der Waals surface area contributed by atoms with Gasteiger partial charge in [-0.05, 0) is 36.4 Å². The quantitative estimate of drug-likeness (QED) is 0.505. The van der Waals surface area contributed by atoms with E-state index in [9.17, 15) is 9.59 Å². The number of pyridine rings is 1. The predicted octanol–water partition coefficient (Wildman–Crippen LogP) is 1.35. The normalized spacial score (nSPS) is 15.0. The molecule has 1 amide bonds. The number of hydrogen-bond donors (Lipinski definition) is 1. The van der Waals surface area contributed by atoms with Gasteiger partial charge in [-0.3, -0.25) is 19.1 Å². The van der Waals surface area contributed by atoms with Gasteiger partial charge in [0.05, 0.1) is 25.3 Å². The third kappa shape index (κ3) is 3.85. The fourth-order valence-corrected chi connectivity index (χ4v) is 3.91. The van der Waals surface area contributed by atoms with Crippen LogP contribution in [0.15, 0.2) is 58.0 Å². The van der Waals surface area contributed by atoms with Crippen molar-refractivity contribution in [1.82, 2.24) is 24.2 Å². The standard InChI is InChI=1S/C22H23N5O4/c28-21(24-8-10-25-11-13-30-14-12-25)19-6-5-16(31-19)15-27-20-17(3-1-7-23-20)26-9-2-4-18(26)22(27)29/h1-7,9H,8,10-15H2,(H,24,28). The fourth-order valence-electron chi connectivity index (χ4n) is 3.91. The molecule has 0 spiro atoms. The summed E-state index contributed by atoms with van der Waals surface area (Å²) in [5, 5.41) is 2.89. The molecule has 160 valence electrons. The second kappa shape index (κ2) is 8.37. The summed E-state index contributed by atoms with van der Waals surface area (Å²) in [6.45, 7) is 4.71. The number of nitrogens with zero attached hydrogens (tertiary/aromatic N) is 4. The van der Waals surface area contributed by atoms with Crippen LogP contribution in [-0.4, -0.2) is 64.2 Å². The zero-order valence-corrected chi connectivity index (χ0v) is 17.0. The molecule has 0 unspecified atom stereocenters. The van der Waals surface area contributed by atoms with Crippen LogP contribution in [0.5, 0.6) is 0 Å². The van der Waals surface area contributed by atoms with Gasteiger partial charge >= 0.3 is 0 Å². The summed E-state index contributed by atoms with van der Waals surface area (Å²) < 4.78 is 14.5. The number of nitrogens with one attached hydrogen (secondary N) is 1. The van der Waals surface area contributed by atoms with Crippen LogP contribution in [-0.2, 0) is 11.3 Å². The van der Waals surface area contributed by atoms with E-state index in [1.165, 1.54) is 0 Å². The Bertz CT molecular complexity index is 1280. The van der Waals surface area contributed by atoms with Crippen molar-refractivity contribution < 1.29 is 13.9 Å². The largest absolute Gasteiger partial charge is 0.454 e. The molecule has 0 atom stereocenters. The Morgan fingerprint density at radius 3 is 2.81 bits per heavy atom. The second-order valence-electron chi connectivity index (χ2n) is 7.48. The molecular weight excluding hydrogens is 398 g/mol. The SMILES string of the molecule is O=C(NCCN1CCOCC1)c1ccc(Cn2c(=O)c3cccn3c3cccnc32)o1. The molecule has 31 heavy (non-hydrogen) atoms. The van der Waals surface area contributed by atoms with E-state index in [0.29, 0.717) is 23.5 Å². The monoisotopic (exact) mass is 421 g/mol. The smallest absolute Gasteiger partial charge is 0.287 e. The summed E-state index contributed by atoms with van der Waals surface area (Å²) in [5.41, 5.74) is 1.79. The summed E-state index contributed by atoms with van der Waals surface area (Å²) in [6.07, 6.45) is 3.50. The van der Waals surface area contributed by atoms with Crippen molar-refractivity contribution in [3.05, 3.63) is 70.7 Å². The predicted molar refractivity (Wildman–Crippen MR) is 114 cm³/mol. The molecule has 1 aliphatic rings. The summed E-state index contributed by atoms with van der Waals surface area (Å²) in [5.74, 6) is 0.478. The maximum Gasteiger partial charge on any atom is 0.287 e. The van der Waals surface area contributed by atoms with Crippen LogP contribution in [0.25, 0.3) is 16.7 Å². The van der Waals surface area contributed by atoms with Gasteiger partial charge in [-0.25, -0.2) is 4.98 Å². The molecule has 9 nitrogen and oxygen atoms in total. The summed E-state index contributed by atoms with van der Waals surface area (Å²) in [6, 6.07) is 10.7. The molecule has 9 heteroatoms. The fraction of sp³-hybridized carbons (Fsp3) is 0.318. The molecule has 1 fully saturated rings. The summed E-state index contributed by atoms with van der Waals surface area (Å²) >= 11 is 0. The Balaban J connectivity index is 1.32. The topological polar surface area (TPSA) is 94.0 Å². The van der Waals surface area contributed by atoms with Gasteiger partial charge in [0.25, 0.3) is 11.5 Å². The number of carbonyl (C=O) groups is 1. The molecule has 5 heterocycles. The minimum atomic E-state index is -0.267. The zero-order valence-electron chi connectivity index (χ0n) is 17.0. The number of ether oxygens (including phenoxy) is 1. The van der Waals surface area contributed by atoms with E-state index in [1.807, 2.05) is 28.8 Å². The van der Waals surface area contributed by atoms with E-state index in [4.69, 9.17) is 9.15 Å². The maximum absolute atomic E-state index is 13.0. The maximum atomic E-state index is 13.0. The number of amides is 1. The van der Waals surface area contributed by atoms with Gasteiger partial charge in [-0.15, -0.1) is 0 Å². The van der Waals surface area contributed by atoms with Gasteiger partial charge in [0, 0.05) is 38.6 Å². The first kappa shape index (κ1) is 19.5. The molecule has 0 aromatic carbocycles. The van der Waals surface area contributed by atoms with Crippen LogP contribution >= 0.6 is 0 Å². The molecule has 4 aromatic rings. The molecule has 1 N–H and O–H groups in total. The lowest BCUT2D eigenvalue weighted by Gasteiger charge is -2.26. The van der Waals surface area contributed by atoms with Crippen molar-refractivity contribution in [2.75, 3.05) is 39.4 Å². The Labute approximate surface area is 177 Å². The van der Waals surface area contributed by atoms with Crippen LogP contribution in [0.1, 0.15) is 16.3 Å². The summed E-state index contributed by atoms with van der Waals surface area (Å²) in [7, 11) is 0. The van der Waals surface area contributed by atoms with E-state index in [-0.39, 0.29) is 23.8 Å². The average molecular weight is 421 g/mol. The molecular formula is C22H23N5O4. The van der Waals surface area contributed by atoms with Crippen LogP contribution < -0.4 is 10.9 Å². The minimum absolute atomic E-state index is 0.163. The zero-order chi connectivity index (χ0) is 21.2. The second-order valence-corrected chi connectivity index (χ2v) is 7.48. The van der Waals surface area contributed by atoms with Crippen molar-refractivity contribution in [1.29, 1.82) is 0 Å². The van der Waals surface area contributed by atoms with E-state index in [1.54, 1.807) is 29.0 Å². The lowest BCUT2D eigenvalue weighted by molar-refractivity contribution is 0.0382. The Kier molecular flexibility index (Phi) is 5.27. The molecule has 1 saturated heterocycles. The molecule has 0 saturated carbocycles. The third-order valence-corrected chi connectivity index (χ3v) is 5.51. The number of aromatic nitrogens is 3. The molecule has 0 radical (unpaired) electrons. The van der Waals surface area contributed by atoms with Crippen molar-refractivity contribution in [3.63, 3.8) is 0 Å². The van der Waals surface area contributed by atoms with Crippen LogP contribution in [0.2, 0.25) is 0 Å². The highest BCUT2D eigenvalue weighted by atomic mass is 16.5. The average Bonchev–Trinajstić information content (AvgIpc) is 3.47. The van der Waals surface area contributed by atoms with Crippen molar-refractivity contribution in [3.8, 4) is 0 Å². The highest BCUT2D eigenvalue weighted by molar-refractivity contribution is 5.91. The van der Waals surface area contributed by atoms with Crippen molar-refractivity contribution >= 4 is 22.6 Å². The van der Waals surface area contributed by atoms with Gasteiger partial charge in [0.15, 0.2) is 11.4 Å². The van der Waals surface area contributed by atoms with Crippen LogP contribution in [0, 0.1) is 0 Å². The van der Waals surface area contributed by atoms with Gasteiger partial charge < -0.3 is 18.9 Å². The number of fused-ring (bicyclic) bond motifs is 3. The molecule has 0 aliphatic carbocycles. The molecule has 5 rings (SSSR count). The van der Waals surface area contributed by atoms with Crippen LogP contribution in [0.3, 0.4) is 0 Å². The number of hydrogen-bond acceptors (Lipinski definition) is 6. The van der Waals surface area contributed by atoms with Gasteiger partial charge in [0.2, 0.25) is 0 Å². The first-order chi connectivity index (χ1) is 15.2. The first-order valence-corrected chi connectivity index (χ1v) is 10.3. The van der Waals surface area contributed by atoms with Crippen LogP contribution in [0.4, 0.5) is 0 Å². The highest BCUT2D eigenvalue weighted by Crippen LogP contribution is 2.15. The van der Waals surface area contributed by atoms with Crippen molar-refractivity contribution in [2.45, 2.75) is 6.54 Å². The van der Waals surface area contributed by atoms with Gasteiger partial charge in [-0.2, -0.15) is 0 Å². The third-order valence-electron chi connectivity index (χ3n) is 5.51. The van der Waals surface area contributed by atoms with E-state index < -0.39 is 0 Å².